The summed E-state index contributed by atoms with van der Waals surface area (Å²) < 4.78 is 46.8. The van der Waals surface area contributed by atoms with Gasteiger partial charge >= 0.3 is 4.12 Å². The van der Waals surface area contributed by atoms with Crippen molar-refractivity contribution in [2.45, 2.75) is 10.7 Å². The second kappa shape index (κ2) is 8.69. The van der Waals surface area contributed by atoms with Gasteiger partial charge in [-0.05, 0) is 42.5 Å². The lowest BCUT2D eigenvalue weighted by atomic mass is 10.1. The zero-order chi connectivity index (χ0) is 22.0. The van der Waals surface area contributed by atoms with E-state index in [0.29, 0.717) is 17.0 Å². The quantitative estimate of drug-likeness (QED) is 0.347. The van der Waals surface area contributed by atoms with Gasteiger partial charge in [0.2, 0.25) is 0 Å². The first-order chi connectivity index (χ1) is 14.8. The molecule has 1 aromatic carbocycles. The van der Waals surface area contributed by atoms with Gasteiger partial charge in [-0.25, -0.2) is 4.39 Å². The summed E-state index contributed by atoms with van der Waals surface area (Å²) in [5.41, 5.74) is 1.50. The molecule has 0 saturated heterocycles. The van der Waals surface area contributed by atoms with Crippen molar-refractivity contribution in [2.24, 2.45) is 0 Å². The Labute approximate surface area is 189 Å². The third-order valence-corrected chi connectivity index (χ3v) is 4.78. The van der Waals surface area contributed by atoms with Crippen LogP contribution < -0.4 is 9.47 Å². The molecule has 1 aliphatic rings. The highest BCUT2D eigenvalue weighted by atomic mass is 127. The Hall–Kier alpha value is -2.89. The van der Waals surface area contributed by atoms with Gasteiger partial charge in [-0.15, -0.1) is 0 Å². The number of ether oxygens (including phenoxy) is 2. The first kappa shape index (κ1) is 21.3. The number of carbonyl (C=O) groups is 1. The van der Waals surface area contributed by atoms with E-state index in [1.54, 1.807) is 18.2 Å². The summed E-state index contributed by atoms with van der Waals surface area (Å²) in [6.45, 7) is 0.489. The lowest BCUT2D eigenvalue weighted by Crippen LogP contribution is -2.32. The number of aromatic nitrogens is 2. The molecule has 0 aliphatic carbocycles. The van der Waals surface area contributed by atoms with Crippen molar-refractivity contribution in [3.8, 4) is 22.8 Å². The van der Waals surface area contributed by atoms with Crippen LogP contribution in [0.3, 0.4) is 0 Å². The Balaban J connectivity index is 1.60. The summed E-state index contributed by atoms with van der Waals surface area (Å²) >= 11 is 0.889. The Morgan fingerprint density at radius 1 is 1.19 bits per heavy atom. The van der Waals surface area contributed by atoms with Gasteiger partial charge < -0.3 is 14.4 Å². The minimum atomic E-state index is -3.32. The fourth-order valence-corrected chi connectivity index (χ4v) is 3.37. The molecule has 0 fully saturated rings. The third-order valence-electron chi connectivity index (χ3n) is 4.56. The summed E-state index contributed by atoms with van der Waals surface area (Å²) in [7, 11) is 0. The highest BCUT2D eigenvalue weighted by Crippen LogP contribution is 2.31. The fourth-order valence-electron chi connectivity index (χ4n) is 3.11. The Morgan fingerprint density at radius 3 is 2.68 bits per heavy atom. The minimum Gasteiger partial charge on any atom is -0.489 e. The monoisotopic (exact) mass is 541 g/mol. The van der Waals surface area contributed by atoms with Crippen LogP contribution in [-0.2, 0) is 6.54 Å². The number of hydrogen-bond acceptors (Lipinski definition) is 5. The average Bonchev–Trinajstić information content (AvgIpc) is 2.88. The van der Waals surface area contributed by atoms with Crippen LogP contribution in [0.15, 0.2) is 54.9 Å². The largest absolute Gasteiger partial charge is 0.489 e. The number of benzene rings is 1. The highest BCUT2D eigenvalue weighted by molar-refractivity contribution is 14.1. The molecule has 160 valence electrons. The van der Waals surface area contributed by atoms with Crippen molar-refractivity contribution >= 4 is 28.5 Å². The molecule has 6 nitrogen and oxygen atoms in total. The van der Waals surface area contributed by atoms with Crippen LogP contribution in [0.25, 0.3) is 11.3 Å². The van der Waals surface area contributed by atoms with Crippen LogP contribution in [0.1, 0.15) is 16.1 Å². The summed E-state index contributed by atoms with van der Waals surface area (Å²) in [4.78, 5) is 22.9. The Morgan fingerprint density at radius 2 is 1.97 bits per heavy atom. The molecule has 0 N–H and O–H groups in total. The highest BCUT2D eigenvalue weighted by Gasteiger charge is 2.27. The number of alkyl halides is 3. The molecular formula is C21H15F3IN3O3. The molecule has 3 aromatic rings. The van der Waals surface area contributed by atoms with E-state index in [1.165, 1.54) is 41.6 Å². The Kier molecular flexibility index (Phi) is 5.99. The molecule has 1 amide bonds. The van der Waals surface area contributed by atoms with Crippen molar-refractivity contribution in [3.63, 3.8) is 0 Å². The number of nitrogens with zero attached hydrogens (tertiary/aromatic N) is 3. The molecule has 0 unspecified atom stereocenters. The number of carbonyl (C=O) groups excluding carboxylic acids is 1. The maximum Gasteiger partial charge on any atom is 0.451 e. The summed E-state index contributed by atoms with van der Waals surface area (Å²) in [5, 5.41) is 0. The van der Waals surface area contributed by atoms with E-state index in [4.69, 9.17) is 4.74 Å². The summed E-state index contributed by atoms with van der Waals surface area (Å²) in [6, 6.07) is 10.3. The van der Waals surface area contributed by atoms with Crippen LogP contribution in [0.4, 0.5) is 13.2 Å². The minimum absolute atomic E-state index is 0.000817. The number of halogens is 4. The van der Waals surface area contributed by atoms with E-state index < -0.39 is 9.93 Å². The van der Waals surface area contributed by atoms with Gasteiger partial charge in [0, 0.05) is 11.8 Å². The molecule has 31 heavy (non-hydrogen) atoms. The molecular weight excluding hydrogens is 526 g/mol. The predicted octanol–water partition coefficient (Wildman–Crippen LogP) is 4.68. The van der Waals surface area contributed by atoms with Crippen LogP contribution in [0.5, 0.6) is 11.5 Å². The molecule has 0 radical (unpaired) electrons. The third kappa shape index (κ3) is 5.06. The van der Waals surface area contributed by atoms with Crippen LogP contribution in [0, 0.1) is 5.82 Å². The first-order valence-corrected chi connectivity index (χ1v) is 10.3. The predicted molar refractivity (Wildman–Crippen MR) is 114 cm³/mol. The van der Waals surface area contributed by atoms with Crippen molar-refractivity contribution < 1.29 is 27.4 Å². The maximum absolute atomic E-state index is 14.0. The Bertz CT molecular complexity index is 1110. The lowest BCUT2D eigenvalue weighted by molar-refractivity contribution is -0.0691. The summed E-state index contributed by atoms with van der Waals surface area (Å²) in [5.74, 6) is -0.510. The van der Waals surface area contributed by atoms with Crippen LogP contribution in [-0.4, -0.2) is 38.0 Å². The van der Waals surface area contributed by atoms with Gasteiger partial charge in [0.25, 0.3) is 5.91 Å². The molecule has 10 heteroatoms. The zero-order valence-corrected chi connectivity index (χ0v) is 18.1. The summed E-state index contributed by atoms with van der Waals surface area (Å²) in [6.07, 6.45) is 2.91. The molecule has 0 saturated carbocycles. The SMILES string of the molecule is O=C1c2cc(-c3ccc(OC(F)(F)I)cc3)ncc2OCCN1Cc1ncccc1F. The van der Waals surface area contributed by atoms with Gasteiger partial charge in [0.15, 0.2) is 0 Å². The molecule has 0 bridgehead atoms. The number of pyridine rings is 2. The normalized spacial score (nSPS) is 13.9. The second-order valence-electron chi connectivity index (χ2n) is 6.64. The van der Waals surface area contributed by atoms with Crippen LogP contribution in [0.2, 0.25) is 0 Å². The van der Waals surface area contributed by atoms with Gasteiger partial charge in [0.1, 0.15) is 23.9 Å². The van der Waals surface area contributed by atoms with E-state index in [1.807, 2.05) is 0 Å². The molecule has 2 aromatic heterocycles. The second-order valence-corrected chi connectivity index (χ2v) is 7.90. The lowest BCUT2D eigenvalue weighted by Gasteiger charge is -2.19. The number of fused-ring (bicyclic) bond motifs is 1. The standard InChI is InChI=1S/C21H15F3IN3O3/c22-16-2-1-7-26-18(16)12-28-8-9-30-19-11-27-17(10-15(19)20(28)29)13-3-5-14(6-4-13)31-21(23,24)25/h1-7,10-11H,8-9,12H2. The van der Waals surface area contributed by atoms with E-state index in [-0.39, 0.29) is 42.6 Å². The van der Waals surface area contributed by atoms with Crippen molar-refractivity contribution in [1.82, 2.24) is 14.9 Å². The van der Waals surface area contributed by atoms with Crippen LogP contribution >= 0.6 is 22.6 Å². The molecule has 3 heterocycles. The average molecular weight is 541 g/mol. The first-order valence-electron chi connectivity index (χ1n) is 9.18. The van der Waals surface area contributed by atoms with E-state index in [0.717, 1.165) is 22.6 Å². The van der Waals surface area contributed by atoms with Crippen molar-refractivity contribution in [1.29, 1.82) is 0 Å². The van der Waals surface area contributed by atoms with Gasteiger partial charge in [-0.3, -0.25) is 14.8 Å². The number of rotatable bonds is 5. The van der Waals surface area contributed by atoms with Crippen molar-refractivity contribution in [2.75, 3.05) is 13.2 Å². The zero-order valence-electron chi connectivity index (χ0n) is 15.9. The maximum atomic E-state index is 14.0. The van der Waals surface area contributed by atoms with E-state index in [2.05, 4.69) is 14.7 Å². The number of hydrogen-bond donors (Lipinski definition) is 0. The fraction of sp³-hybridized carbons (Fsp3) is 0.190. The van der Waals surface area contributed by atoms with E-state index in [9.17, 15) is 18.0 Å². The number of amides is 1. The molecule has 1 aliphatic heterocycles. The smallest absolute Gasteiger partial charge is 0.451 e. The van der Waals surface area contributed by atoms with Gasteiger partial charge in [0.05, 0.1) is 58.8 Å². The molecule has 0 atom stereocenters. The van der Waals surface area contributed by atoms with E-state index >= 15 is 0 Å². The molecule has 0 spiro atoms. The molecule has 4 rings (SSSR count). The van der Waals surface area contributed by atoms with Crippen molar-refractivity contribution in [3.05, 3.63) is 71.9 Å². The van der Waals surface area contributed by atoms with Gasteiger partial charge in [-0.2, -0.15) is 8.78 Å². The van der Waals surface area contributed by atoms with Gasteiger partial charge in [-0.1, -0.05) is 0 Å². The topological polar surface area (TPSA) is 64.6 Å².